The van der Waals surface area contributed by atoms with E-state index in [0.29, 0.717) is 0 Å². The summed E-state index contributed by atoms with van der Waals surface area (Å²) in [6.07, 6.45) is 2.56. The summed E-state index contributed by atoms with van der Waals surface area (Å²) in [5.74, 6) is -1.09. The topological polar surface area (TPSA) is 80.8 Å². The highest BCUT2D eigenvalue weighted by Gasteiger charge is 2.38. The Bertz CT molecular complexity index is 1120. The Morgan fingerprint density at radius 3 is 2.45 bits per heavy atom. The van der Waals surface area contributed by atoms with Gasteiger partial charge in [-0.2, -0.15) is 0 Å². The molecule has 1 aliphatic heterocycles. The van der Waals surface area contributed by atoms with Crippen molar-refractivity contribution >= 4 is 27.3 Å². The number of sulfone groups is 1. The van der Waals surface area contributed by atoms with E-state index in [2.05, 4.69) is 0 Å². The van der Waals surface area contributed by atoms with E-state index in [1.807, 2.05) is 50.1 Å². The summed E-state index contributed by atoms with van der Waals surface area (Å²) in [6, 6.07) is 13.5. The maximum atomic E-state index is 12.5. The lowest BCUT2D eigenvalue weighted by Gasteiger charge is -2.23. The van der Waals surface area contributed by atoms with Gasteiger partial charge in [0.25, 0.3) is 0 Å². The average Bonchev–Trinajstić information content (AvgIpc) is 2.86. The molecule has 1 aliphatic rings. The van der Waals surface area contributed by atoms with Gasteiger partial charge in [-0.05, 0) is 29.8 Å². The van der Waals surface area contributed by atoms with Gasteiger partial charge < -0.3 is 9.64 Å². The molecule has 0 atom stereocenters. The monoisotopic (exact) mass is 413 g/mol. The van der Waals surface area contributed by atoms with E-state index in [1.54, 1.807) is 0 Å². The van der Waals surface area contributed by atoms with E-state index in [-0.39, 0.29) is 21.7 Å². The second-order valence-corrected chi connectivity index (χ2v) is 9.59. The Morgan fingerprint density at radius 2 is 1.79 bits per heavy atom. The van der Waals surface area contributed by atoms with Crippen LogP contribution >= 0.6 is 0 Å². The van der Waals surface area contributed by atoms with Crippen molar-refractivity contribution in [3.63, 3.8) is 0 Å². The number of rotatable bonds is 5. The van der Waals surface area contributed by atoms with Crippen LogP contribution in [-0.4, -0.2) is 40.1 Å². The fraction of sp³-hybridized carbons (Fsp3) is 0.273. The van der Waals surface area contributed by atoms with Gasteiger partial charge in [0.1, 0.15) is 0 Å². The lowest BCUT2D eigenvalue weighted by atomic mass is 9.83. The molecule has 152 valence electrons. The standard InChI is InChI=1S/C22H23NO5S/c1-22(2)18-10-5-6-11-19(18)23(3)20(22)13-16(24)14-28-21(25)15-8-7-9-17(12-15)29(4,26)27/h5-13H,14H2,1-4H3. The number of hydrogen-bond donors (Lipinski definition) is 0. The number of anilines is 1. The van der Waals surface area contributed by atoms with Crippen molar-refractivity contribution in [2.24, 2.45) is 0 Å². The number of carbonyl (C=O) groups is 2. The summed E-state index contributed by atoms with van der Waals surface area (Å²) < 4.78 is 28.4. The van der Waals surface area contributed by atoms with Crippen LogP contribution in [0.15, 0.2) is 65.2 Å². The zero-order valence-electron chi connectivity index (χ0n) is 16.8. The molecule has 29 heavy (non-hydrogen) atoms. The molecule has 1 heterocycles. The second-order valence-electron chi connectivity index (χ2n) is 7.57. The van der Waals surface area contributed by atoms with Gasteiger partial charge >= 0.3 is 5.97 Å². The number of esters is 1. The number of ether oxygens (including phenoxy) is 1. The number of ketones is 1. The number of benzene rings is 2. The van der Waals surface area contributed by atoms with Crippen molar-refractivity contribution in [3.8, 4) is 0 Å². The first-order valence-electron chi connectivity index (χ1n) is 9.07. The normalized spacial score (nSPS) is 16.6. The first-order chi connectivity index (χ1) is 13.5. The van der Waals surface area contributed by atoms with Crippen molar-refractivity contribution in [1.82, 2.24) is 0 Å². The van der Waals surface area contributed by atoms with Gasteiger partial charge in [-0.25, -0.2) is 13.2 Å². The van der Waals surface area contributed by atoms with Crippen LogP contribution < -0.4 is 4.90 Å². The molecule has 2 aromatic rings. The summed E-state index contributed by atoms with van der Waals surface area (Å²) in [5.41, 5.74) is 2.70. The number of nitrogens with zero attached hydrogens (tertiary/aromatic N) is 1. The van der Waals surface area contributed by atoms with E-state index < -0.39 is 22.4 Å². The average molecular weight is 413 g/mol. The maximum absolute atomic E-state index is 12.5. The van der Waals surface area contributed by atoms with Gasteiger partial charge in [0.05, 0.1) is 10.5 Å². The molecule has 0 N–H and O–H groups in total. The molecule has 0 unspecified atom stereocenters. The van der Waals surface area contributed by atoms with Crippen molar-refractivity contribution in [2.75, 3.05) is 24.8 Å². The molecular formula is C22H23NO5S. The van der Waals surface area contributed by atoms with E-state index in [4.69, 9.17) is 4.74 Å². The molecule has 0 amide bonds. The lowest BCUT2D eigenvalue weighted by molar-refractivity contribution is -0.117. The van der Waals surface area contributed by atoms with Gasteiger partial charge in [-0.1, -0.05) is 38.1 Å². The highest BCUT2D eigenvalue weighted by atomic mass is 32.2. The van der Waals surface area contributed by atoms with Crippen molar-refractivity contribution < 1.29 is 22.7 Å². The zero-order valence-corrected chi connectivity index (χ0v) is 17.6. The number of allylic oxidation sites excluding steroid dienone is 1. The number of para-hydroxylation sites is 1. The molecule has 3 rings (SSSR count). The van der Waals surface area contributed by atoms with Crippen molar-refractivity contribution in [2.45, 2.75) is 24.2 Å². The van der Waals surface area contributed by atoms with E-state index in [0.717, 1.165) is 23.2 Å². The van der Waals surface area contributed by atoms with Crippen LogP contribution in [0.25, 0.3) is 0 Å². The van der Waals surface area contributed by atoms with E-state index in [9.17, 15) is 18.0 Å². The minimum absolute atomic E-state index is 0.0208. The third-order valence-electron chi connectivity index (χ3n) is 5.08. The smallest absolute Gasteiger partial charge is 0.338 e. The van der Waals surface area contributed by atoms with Gasteiger partial charge in [0.15, 0.2) is 22.2 Å². The summed E-state index contributed by atoms with van der Waals surface area (Å²) >= 11 is 0. The number of carbonyl (C=O) groups excluding carboxylic acids is 2. The number of likely N-dealkylation sites (N-methyl/N-ethyl adjacent to an activating group) is 1. The fourth-order valence-corrected chi connectivity index (χ4v) is 4.19. The maximum Gasteiger partial charge on any atom is 0.338 e. The van der Waals surface area contributed by atoms with Crippen LogP contribution in [0.4, 0.5) is 5.69 Å². The molecular weight excluding hydrogens is 390 g/mol. The first-order valence-corrected chi connectivity index (χ1v) is 11.0. The first kappa shape index (κ1) is 20.8. The van der Waals surface area contributed by atoms with Gasteiger partial charge in [0, 0.05) is 36.2 Å². The van der Waals surface area contributed by atoms with Crippen LogP contribution in [0, 0.1) is 0 Å². The predicted octanol–water partition coefficient (Wildman–Crippen LogP) is 3.13. The molecule has 0 fully saturated rings. The predicted molar refractivity (Wildman–Crippen MR) is 111 cm³/mol. The van der Waals surface area contributed by atoms with Crippen LogP contribution in [0.5, 0.6) is 0 Å². The lowest BCUT2D eigenvalue weighted by Crippen LogP contribution is -2.25. The SMILES string of the molecule is CN1C(=CC(=O)COC(=O)c2cccc(S(C)(=O)=O)c2)C(C)(C)c2ccccc21. The minimum atomic E-state index is -3.44. The summed E-state index contributed by atoms with van der Waals surface area (Å²) in [7, 11) is -1.54. The third-order valence-corrected chi connectivity index (χ3v) is 6.19. The van der Waals surface area contributed by atoms with Crippen LogP contribution in [0.2, 0.25) is 0 Å². The van der Waals surface area contributed by atoms with E-state index in [1.165, 1.54) is 30.3 Å². The summed E-state index contributed by atoms with van der Waals surface area (Å²) in [5, 5.41) is 0. The van der Waals surface area contributed by atoms with Crippen LogP contribution in [-0.2, 0) is 24.8 Å². The van der Waals surface area contributed by atoms with Crippen LogP contribution in [0.1, 0.15) is 29.8 Å². The Kier molecular flexibility index (Phi) is 5.36. The second kappa shape index (κ2) is 7.48. The molecule has 0 saturated heterocycles. The largest absolute Gasteiger partial charge is 0.454 e. The Hall–Kier alpha value is -2.93. The molecule has 0 spiro atoms. The molecule has 7 heteroatoms. The zero-order chi connectivity index (χ0) is 21.4. The summed E-state index contributed by atoms with van der Waals surface area (Å²) in [6.45, 7) is 3.65. The highest BCUT2D eigenvalue weighted by Crippen LogP contribution is 2.46. The van der Waals surface area contributed by atoms with Crippen molar-refractivity contribution in [1.29, 1.82) is 0 Å². The molecule has 0 bridgehead atoms. The Morgan fingerprint density at radius 1 is 1.10 bits per heavy atom. The minimum Gasteiger partial charge on any atom is -0.454 e. The van der Waals surface area contributed by atoms with Crippen molar-refractivity contribution in [3.05, 3.63) is 71.4 Å². The molecule has 0 aromatic heterocycles. The summed E-state index contributed by atoms with van der Waals surface area (Å²) in [4.78, 5) is 26.7. The number of hydrogen-bond acceptors (Lipinski definition) is 6. The molecule has 0 radical (unpaired) electrons. The molecule has 0 aliphatic carbocycles. The molecule has 6 nitrogen and oxygen atoms in total. The fourth-order valence-electron chi connectivity index (χ4n) is 3.53. The molecule has 2 aromatic carbocycles. The third kappa shape index (κ3) is 4.10. The van der Waals surface area contributed by atoms with Crippen LogP contribution in [0.3, 0.4) is 0 Å². The quantitative estimate of drug-likeness (QED) is 0.553. The highest BCUT2D eigenvalue weighted by molar-refractivity contribution is 7.90. The van der Waals surface area contributed by atoms with E-state index >= 15 is 0 Å². The van der Waals surface area contributed by atoms with Gasteiger partial charge in [-0.3, -0.25) is 4.79 Å². The Labute approximate surface area is 170 Å². The van der Waals surface area contributed by atoms with Gasteiger partial charge in [0.2, 0.25) is 0 Å². The molecule has 0 saturated carbocycles. The Balaban J connectivity index is 1.73. The number of fused-ring (bicyclic) bond motifs is 1. The van der Waals surface area contributed by atoms with Gasteiger partial charge in [-0.15, -0.1) is 0 Å².